The van der Waals surface area contributed by atoms with Gasteiger partial charge in [-0.15, -0.1) is 0 Å². The fraction of sp³-hybridized carbons (Fsp3) is 1.00. The van der Waals surface area contributed by atoms with E-state index >= 15 is 0 Å². The van der Waals surface area contributed by atoms with Crippen molar-refractivity contribution in [1.29, 1.82) is 0 Å². The zero-order valence-corrected chi connectivity index (χ0v) is 3.59. The van der Waals surface area contributed by atoms with Gasteiger partial charge in [0.1, 0.15) is 0 Å². The topological polar surface area (TPSA) is 46.2 Å². The largest absolute Gasteiger partial charge is 0.392 e. The maximum atomic E-state index is 8.59. The summed E-state index contributed by atoms with van der Waals surface area (Å²) < 4.78 is 0. The van der Waals surface area contributed by atoms with Crippen molar-refractivity contribution in [3.05, 3.63) is 0 Å². The number of aliphatic hydroxyl groups is 1. The molecule has 0 aromatic rings. The van der Waals surface area contributed by atoms with Gasteiger partial charge in [0.25, 0.3) is 0 Å². The van der Waals surface area contributed by atoms with E-state index in [1.165, 1.54) is 0 Å². The lowest BCUT2D eigenvalue weighted by Crippen LogP contribution is -2.43. The molecule has 1 fully saturated rings. The second-order valence-electron chi connectivity index (χ2n) is 1.81. The van der Waals surface area contributed by atoms with Crippen molar-refractivity contribution >= 4 is 0 Å². The molecule has 0 spiro atoms. The summed E-state index contributed by atoms with van der Waals surface area (Å²) in [7, 11) is 0. The minimum atomic E-state index is -0.190. The highest BCUT2D eigenvalue weighted by atomic mass is 16.3. The van der Waals surface area contributed by atoms with Crippen LogP contribution in [0.15, 0.2) is 0 Å². The minimum Gasteiger partial charge on any atom is -0.392 e. The van der Waals surface area contributed by atoms with Gasteiger partial charge in [0, 0.05) is 6.04 Å². The van der Waals surface area contributed by atoms with Gasteiger partial charge in [-0.3, -0.25) is 0 Å². The number of nitrogens with two attached hydrogens (primary N) is 1. The van der Waals surface area contributed by atoms with Crippen LogP contribution in [-0.4, -0.2) is 17.3 Å². The van der Waals surface area contributed by atoms with Gasteiger partial charge in [0.15, 0.2) is 0 Å². The Labute approximate surface area is 37.0 Å². The first kappa shape index (κ1) is 4.09. The molecule has 0 bridgehead atoms. The molecule has 1 aliphatic rings. The van der Waals surface area contributed by atoms with Crippen molar-refractivity contribution < 1.29 is 5.11 Å². The predicted molar refractivity (Wildman–Crippen MR) is 23.2 cm³/mol. The van der Waals surface area contributed by atoms with Gasteiger partial charge < -0.3 is 10.8 Å². The standard InChI is InChI=1S/C4H9NO/c5-3-1-2-4(3)6/h3-4,6H,1-2,5H2/t3-,4-/m1/s1. The first-order chi connectivity index (χ1) is 2.80. The summed E-state index contributed by atoms with van der Waals surface area (Å²) in [5, 5.41) is 8.59. The third kappa shape index (κ3) is 0.420. The first-order valence-corrected chi connectivity index (χ1v) is 2.24. The van der Waals surface area contributed by atoms with Crippen LogP contribution in [0.25, 0.3) is 0 Å². The fourth-order valence-electron chi connectivity index (χ4n) is 0.508. The van der Waals surface area contributed by atoms with Crippen LogP contribution in [0.5, 0.6) is 0 Å². The van der Waals surface area contributed by atoms with E-state index in [1.54, 1.807) is 0 Å². The monoisotopic (exact) mass is 87.1 g/mol. The quantitative estimate of drug-likeness (QED) is 0.417. The predicted octanol–water partition coefficient (Wildman–Crippen LogP) is -0.532. The van der Waals surface area contributed by atoms with Gasteiger partial charge in [0.05, 0.1) is 6.10 Å². The Kier molecular flexibility index (Phi) is 0.821. The lowest BCUT2D eigenvalue weighted by atomic mass is 9.90. The smallest absolute Gasteiger partial charge is 0.0691 e. The summed E-state index contributed by atoms with van der Waals surface area (Å²) >= 11 is 0. The molecule has 36 valence electrons. The lowest BCUT2D eigenvalue weighted by Gasteiger charge is -2.27. The van der Waals surface area contributed by atoms with E-state index in [4.69, 9.17) is 10.8 Å². The van der Waals surface area contributed by atoms with E-state index in [2.05, 4.69) is 0 Å². The molecule has 2 atom stereocenters. The molecule has 3 N–H and O–H groups in total. The average molecular weight is 87.1 g/mol. The van der Waals surface area contributed by atoms with Crippen LogP contribution >= 0.6 is 0 Å². The molecule has 0 radical (unpaired) electrons. The van der Waals surface area contributed by atoms with Gasteiger partial charge in [0.2, 0.25) is 0 Å². The number of hydrogen-bond acceptors (Lipinski definition) is 2. The Bertz CT molecular complexity index is 47.5. The zero-order valence-electron chi connectivity index (χ0n) is 3.59. The van der Waals surface area contributed by atoms with E-state index in [0.29, 0.717) is 0 Å². The van der Waals surface area contributed by atoms with Crippen molar-refractivity contribution in [2.45, 2.75) is 25.0 Å². The molecule has 2 nitrogen and oxygen atoms in total. The number of rotatable bonds is 0. The van der Waals surface area contributed by atoms with Crippen molar-refractivity contribution in [1.82, 2.24) is 0 Å². The van der Waals surface area contributed by atoms with Crippen LogP contribution in [0, 0.1) is 0 Å². The highest BCUT2D eigenvalue weighted by Crippen LogP contribution is 2.15. The summed E-state index contributed by atoms with van der Waals surface area (Å²) in [6.45, 7) is 0. The van der Waals surface area contributed by atoms with Gasteiger partial charge in [-0.2, -0.15) is 0 Å². The molecule has 2 heteroatoms. The van der Waals surface area contributed by atoms with E-state index in [0.717, 1.165) is 12.8 Å². The van der Waals surface area contributed by atoms with Gasteiger partial charge in [-0.05, 0) is 12.8 Å². The molecule has 1 aliphatic carbocycles. The molecule has 0 aromatic carbocycles. The van der Waals surface area contributed by atoms with Crippen LogP contribution in [0.4, 0.5) is 0 Å². The number of aliphatic hydroxyl groups excluding tert-OH is 1. The van der Waals surface area contributed by atoms with E-state index in [9.17, 15) is 0 Å². The van der Waals surface area contributed by atoms with Crippen LogP contribution in [-0.2, 0) is 0 Å². The highest BCUT2D eigenvalue weighted by Gasteiger charge is 2.23. The van der Waals surface area contributed by atoms with Crippen molar-refractivity contribution in [3.8, 4) is 0 Å². The Balaban J connectivity index is 2.20. The van der Waals surface area contributed by atoms with Gasteiger partial charge >= 0.3 is 0 Å². The summed E-state index contributed by atoms with van der Waals surface area (Å²) in [6, 6.07) is 0.0880. The Morgan fingerprint density at radius 1 is 1.50 bits per heavy atom. The molecular weight excluding hydrogens is 78.0 g/mol. The summed E-state index contributed by atoms with van der Waals surface area (Å²) in [4.78, 5) is 0. The average Bonchev–Trinajstić information content (AvgIpc) is 1.61. The van der Waals surface area contributed by atoms with E-state index in [-0.39, 0.29) is 12.1 Å². The molecule has 1 rings (SSSR count). The molecule has 6 heavy (non-hydrogen) atoms. The maximum Gasteiger partial charge on any atom is 0.0691 e. The summed E-state index contributed by atoms with van der Waals surface area (Å²) in [5.41, 5.74) is 5.27. The molecule has 0 unspecified atom stereocenters. The SMILES string of the molecule is N[C@@H]1CC[C@H]1O. The molecule has 0 aromatic heterocycles. The van der Waals surface area contributed by atoms with Crippen LogP contribution < -0.4 is 5.73 Å². The van der Waals surface area contributed by atoms with Crippen LogP contribution in [0.2, 0.25) is 0 Å². The highest BCUT2D eigenvalue weighted by molar-refractivity contribution is 4.82. The molecule has 1 saturated carbocycles. The Morgan fingerprint density at radius 3 is 2.00 bits per heavy atom. The lowest BCUT2D eigenvalue weighted by molar-refractivity contribution is 0.0693. The number of hydrogen-bond donors (Lipinski definition) is 2. The zero-order chi connectivity index (χ0) is 4.57. The first-order valence-electron chi connectivity index (χ1n) is 2.24. The third-order valence-corrected chi connectivity index (χ3v) is 1.29. The van der Waals surface area contributed by atoms with E-state index < -0.39 is 0 Å². The van der Waals surface area contributed by atoms with Crippen molar-refractivity contribution in [2.75, 3.05) is 0 Å². The van der Waals surface area contributed by atoms with Crippen LogP contribution in [0.1, 0.15) is 12.8 Å². The Hall–Kier alpha value is -0.0800. The van der Waals surface area contributed by atoms with E-state index in [1.807, 2.05) is 0 Å². The molecular formula is C4H9NO. The van der Waals surface area contributed by atoms with Gasteiger partial charge in [-0.1, -0.05) is 0 Å². The van der Waals surface area contributed by atoms with Crippen LogP contribution in [0.3, 0.4) is 0 Å². The molecule has 0 amide bonds. The second kappa shape index (κ2) is 1.21. The summed E-state index contributed by atoms with van der Waals surface area (Å²) in [6.07, 6.45) is 1.72. The molecule has 0 aliphatic heterocycles. The third-order valence-electron chi connectivity index (χ3n) is 1.29. The second-order valence-corrected chi connectivity index (χ2v) is 1.81. The van der Waals surface area contributed by atoms with Crippen molar-refractivity contribution in [3.63, 3.8) is 0 Å². The Morgan fingerprint density at radius 2 is 2.00 bits per heavy atom. The van der Waals surface area contributed by atoms with Crippen molar-refractivity contribution in [2.24, 2.45) is 5.73 Å². The molecule has 0 saturated heterocycles. The fourth-order valence-corrected chi connectivity index (χ4v) is 0.508. The summed E-state index contributed by atoms with van der Waals surface area (Å²) in [5.74, 6) is 0. The molecule has 0 heterocycles. The van der Waals surface area contributed by atoms with Gasteiger partial charge in [-0.25, -0.2) is 0 Å². The normalized spacial score (nSPS) is 45.0. The minimum absolute atomic E-state index is 0.0880. The maximum absolute atomic E-state index is 8.59.